The molecule has 0 rings (SSSR count). The van der Waals surface area contributed by atoms with E-state index in [9.17, 15) is 18.8 Å². The molecule has 2 unspecified atom stereocenters. The van der Waals surface area contributed by atoms with Gasteiger partial charge in [0.15, 0.2) is 13.1 Å². The van der Waals surface area contributed by atoms with Crippen LogP contribution in [0.3, 0.4) is 0 Å². The Bertz CT molecular complexity index is 233. The van der Waals surface area contributed by atoms with Crippen LogP contribution in [0.25, 0.3) is 0 Å². The van der Waals surface area contributed by atoms with Gasteiger partial charge in [-0.05, 0) is 0 Å². The summed E-state index contributed by atoms with van der Waals surface area (Å²) in [5.41, 5.74) is -2.57. The topological polar surface area (TPSA) is 147 Å². The molecule has 0 aromatic rings. The van der Waals surface area contributed by atoms with Crippen molar-refractivity contribution in [3.8, 4) is 0 Å². The van der Waals surface area contributed by atoms with Crippen molar-refractivity contribution in [1.29, 1.82) is 0 Å². The Balaban J connectivity index is 0. The van der Waals surface area contributed by atoms with Crippen LogP contribution in [0.5, 0.6) is 0 Å². The van der Waals surface area contributed by atoms with Gasteiger partial charge in [0.2, 0.25) is 6.41 Å². The van der Waals surface area contributed by atoms with Gasteiger partial charge in [0.05, 0.1) is 0 Å². The molecule has 0 aromatic heterocycles. The molecule has 8 nitrogen and oxygen atoms in total. The number of amides is 1. The van der Waals surface area contributed by atoms with E-state index < -0.39 is 20.7 Å². The van der Waals surface area contributed by atoms with Gasteiger partial charge in [0.25, 0.3) is 0 Å². The van der Waals surface area contributed by atoms with Gasteiger partial charge >= 0.3 is 37.2 Å². The molecule has 4 N–H and O–H groups in total. The SMILES string of the molecule is O=CNC(P(=O)([O-])O)P(=O)(O)O.[Na+]. The number of hydrogen-bond donors (Lipinski definition) is 4. The summed E-state index contributed by atoms with van der Waals surface area (Å²) in [4.78, 5) is 44.8. The number of hydrogen-bond acceptors (Lipinski definition) is 4. The fraction of sp³-hybridized carbons (Fsp3) is 0.500. The molecule has 0 aromatic carbocycles. The summed E-state index contributed by atoms with van der Waals surface area (Å²) in [5.74, 6) is 0. The summed E-state index contributed by atoms with van der Waals surface area (Å²) in [6.45, 7) is 0. The molecule has 0 radical (unpaired) electrons. The quantitative estimate of drug-likeness (QED) is 0.218. The second-order valence-corrected chi connectivity index (χ2v) is 5.56. The maximum Gasteiger partial charge on any atom is 1.00 e. The van der Waals surface area contributed by atoms with E-state index in [1.807, 2.05) is 0 Å². The van der Waals surface area contributed by atoms with E-state index in [2.05, 4.69) is 0 Å². The zero-order chi connectivity index (χ0) is 9.99. The van der Waals surface area contributed by atoms with Crippen molar-refractivity contribution < 1.29 is 63.1 Å². The van der Waals surface area contributed by atoms with Crippen LogP contribution in [0.15, 0.2) is 0 Å². The number of carbonyl (C=O) groups is 1. The molecule has 13 heavy (non-hydrogen) atoms. The Morgan fingerprint density at radius 2 is 1.69 bits per heavy atom. The molecule has 0 heterocycles. The molecular formula is C2H6NNaO7P2. The predicted molar refractivity (Wildman–Crippen MR) is 34.9 cm³/mol. The Morgan fingerprint density at radius 1 is 1.31 bits per heavy atom. The molecular weight excluding hydrogens is 235 g/mol. The number of nitrogens with one attached hydrogen (secondary N) is 1. The molecule has 0 spiro atoms. The molecule has 72 valence electrons. The van der Waals surface area contributed by atoms with Crippen molar-refractivity contribution in [3.63, 3.8) is 0 Å². The van der Waals surface area contributed by atoms with Gasteiger partial charge in [-0.15, -0.1) is 0 Å². The third-order valence-corrected chi connectivity index (χ3v) is 4.18. The van der Waals surface area contributed by atoms with Gasteiger partial charge < -0.3 is 29.5 Å². The predicted octanol–water partition coefficient (Wildman–Crippen LogP) is -5.26. The summed E-state index contributed by atoms with van der Waals surface area (Å²) in [6, 6.07) is 0. The first-order valence-electron chi connectivity index (χ1n) is 2.48. The van der Waals surface area contributed by atoms with Crippen molar-refractivity contribution in [2.45, 2.75) is 5.52 Å². The number of rotatable bonds is 4. The van der Waals surface area contributed by atoms with Gasteiger partial charge in [-0.3, -0.25) is 9.36 Å². The standard InChI is InChI=1S/C2H7NO7P2.Na/c4-1-3-2(11(5,6)7)12(8,9)10;/h1-2H,(H,3,4)(H2,5,6,7)(H2,8,9,10);/q;+1/p-1. The Kier molecular flexibility index (Phi) is 6.99. The minimum Gasteiger partial charge on any atom is -0.777 e. The molecule has 2 atom stereocenters. The molecule has 0 saturated carbocycles. The van der Waals surface area contributed by atoms with E-state index in [4.69, 9.17) is 14.7 Å². The molecule has 0 fully saturated rings. The Hall–Kier alpha value is 0.770. The molecule has 0 aliphatic heterocycles. The van der Waals surface area contributed by atoms with Crippen LogP contribution in [0.1, 0.15) is 0 Å². The monoisotopic (exact) mass is 241 g/mol. The first-order chi connectivity index (χ1) is 5.19. The summed E-state index contributed by atoms with van der Waals surface area (Å²) in [6.07, 6.45) is -0.232. The van der Waals surface area contributed by atoms with Crippen molar-refractivity contribution in [2.75, 3.05) is 0 Å². The van der Waals surface area contributed by atoms with Gasteiger partial charge in [-0.1, -0.05) is 0 Å². The molecule has 11 heteroatoms. The van der Waals surface area contributed by atoms with Crippen molar-refractivity contribution in [1.82, 2.24) is 5.32 Å². The Labute approximate surface area is 95.3 Å². The minimum absolute atomic E-state index is 0. The summed E-state index contributed by atoms with van der Waals surface area (Å²) in [5, 5.41) is 1.29. The van der Waals surface area contributed by atoms with E-state index >= 15 is 0 Å². The van der Waals surface area contributed by atoms with Crippen LogP contribution >= 0.6 is 15.2 Å². The van der Waals surface area contributed by atoms with Crippen LogP contribution in [-0.4, -0.2) is 26.6 Å². The van der Waals surface area contributed by atoms with Crippen LogP contribution in [-0.2, 0) is 13.9 Å². The Morgan fingerprint density at radius 3 is 1.77 bits per heavy atom. The second-order valence-electron chi connectivity index (χ2n) is 1.81. The van der Waals surface area contributed by atoms with E-state index in [1.54, 1.807) is 0 Å². The third kappa shape index (κ3) is 5.96. The van der Waals surface area contributed by atoms with Gasteiger partial charge in [-0.25, -0.2) is 0 Å². The zero-order valence-corrected chi connectivity index (χ0v) is 10.3. The maximum atomic E-state index is 10.3. The largest absolute Gasteiger partial charge is 1.00 e. The van der Waals surface area contributed by atoms with E-state index in [-0.39, 0.29) is 36.0 Å². The van der Waals surface area contributed by atoms with Gasteiger partial charge in [-0.2, -0.15) is 0 Å². The fourth-order valence-corrected chi connectivity index (χ4v) is 2.47. The fourth-order valence-electron chi connectivity index (χ4n) is 0.442. The first kappa shape index (κ1) is 16.2. The van der Waals surface area contributed by atoms with Crippen molar-refractivity contribution in [2.24, 2.45) is 0 Å². The van der Waals surface area contributed by atoms with Gasteiger partial charge in [0, 0.05) is 0 Å². The third-order valence-electron chi connectivity index (χ3n) is 0.845. The summed E-state index contributed by atoms with van der Waals surface area (Å²) < 4.78 is 20.5. The average Bonchev–Trinajstić information content (AvgIpc) is 1.77. The van der Waals surface area contributed by atoms with Crippen molar-refractivity contribution >= 4 is 21.6 Å². The molecule has 0 aliphatic rings. The number of carbonyl (C=O) groups excluding carboxylic acids is 1. The van der Waals surface area contributed by atoms with Crippen molar-refractivity contribution in [3.05, 3.63) is 0 Å². The summed E-state index contributed by atoms with van der Waals surface area (Å²) >= 11 is 0. The van der Waals surface area contributed by atoms with Crippen LogP contribution < -0.4 is 39.8 Å². The van der Waals surface area contributed by atoms with Crippen LogP contribution in [0.4, 0.5) is 0 Å². The maximum absolute atomic E-state index is 10.3. The van der Waals surface area contributed by atoms with E-state index in [0.29, 0.717) is 0 Å². The van der Waals surface area contributed by atoms with E-state index in [0.717, 1.165) is 0 Å². The van der Waals surface area contributed by atoms with Crippen LogP contribution in [0, 0.1) is 0 Å². The molecule has 0 saturated heterocycles. The normalized spacial score (nSPS) is 17.8. The van der Waals surface area contributed by atoms with Gasteiger partial charge in [0.1, 0.15) is 0 Å². The van der Waals surface area contributed by atoms with E-state index in [1.165, 1.54) is 5.32 Å². The first-order valence-corrected chi connectivity index (χ1v) is 5.81. The zero-order valence-electron chi connectivity index (χ0n) is 6.52. The van der Waals surface area contributed by atoms with Crippen LogP contribution in [0.2, 0.25) is 0 Å². The molecule has 0 bridgehead atoms. The summed E-state index contributed by atoms with van der Waals surface area (Å²) in [7, 11) is -10.4. The molecule has 0 aliphatic carbocycles. The second kappa shape index (κ2) is 5.60. The molecule has 1 amide bonds. The minimum atomic E-state index is -5.27. The smallest absolute Gasteiger partial charge is 0.777 e. The average molecular weight is 241 g/mol.